The maximum Gasteiger partial charge on any atom is -0.0266 e. The molecule has 0 amide bonds. The second-order valence-electron chi connectivity index (χ2n) is 10.0. The van der Waals surface area contributed by atoms with E-state index in [4.69, 9.17) is 0 Å². The Hall–Kier alpha value is -0.260. The molecule has 0 radical (unpaired) electrons. The lowest BCUT2D eigenvalue weighted by Crippen LogP contribution is -2.50. The van der Waals surface area contributed by atoms with E-state index in [1.165, 1.54) is 32.1 Å². The number of hydrogen-bond acceptors (Lipinski definition) is 0. The molecule has 0 spiro atoms. The molecule has 4 saturated carbocycles. The van der Waals surface area contributed by atoms with Crippen molar-refractivity contribution in [2.45, 2.75) is 97.3 Å². The standard InChI is InChI=1S/C24H40/c1-3-4-5-6-9-18-11-13-21-20(18)15-16-23-22(21)14-12-19-10-7-8-17-24(19,23)2/h3-4,18-23H,5-17H2,1-2H3/b4-3+/t18?,19?,20?,21?,22?,23?,24-/m1/s1. The van der Waals surface area contributed by atoms with Crippen molar-refractivity contribution < 1.29 is 0 Å². The van der Waals surface area contributed by atoms with E-state index in [1.54, 1.807) is 51.4 Å². The van der Waals surface area contributed by atoms with Gasteiger partial charge >= 0.3 is 0 Å². The van der Waals surface area contributed by atoms with Crippen LogP contribution < -0.4 is 0 Å². The molecular formula is C24H40. The van der Waals surface area contributed by atoms with Crippen molar-refractivity contribution in [2.24, 2.45) is 40.9 Å². The Bertz CT molecular complexity index is 449. The average Bonchev–Trinajstić information content (AvgIpc) is 3.01. The quantitative estimate of drug-likeness (QED) is 0.373. The van der Waals surface area contributed by atoms with Crippen LogP contribution in [0, 0.1) is 40.9 Å². The molecule has 4 aliphatic carbocycles. The molecule has 24 heavy (non-hydrogen) atoms. The Morgan fingerprint density at radius 3 is 2.58 bits per heavy atom. The van der Waals surface area contributed by atoms with Crippen LogP contribution in [-0.2, 0) is 0 Å². The Kier molecular flexibility index (Phi) is 5.12. The van der Waals surface area contributed by atoms with Gasteiger partial charge in [-0.25, -0.2) is 0 Å². The zero-order valence-electron chi connectivity index (χ0n) is 16.3. The minimum Gasteiger partial charge on any atom is -0.0917 e. The molecule has 4 fully saturated rings. The second-order valence-corrected chi connectivity index (χ2v) is 10.0. The molecule has 0 nitrogen and oxygen atoms in total. The summed E-state index contributed by atoms with van der Waals surface area (Å²) in [6, 6.07) is 0. The molecule has 0 bridgehead atoms. The van der Waals surface area contributed by atoms with Gasteiger partial charge in [-0.15, -0.1) is 0 Å². The molecule has 0 heterocycles. The zero-order chi connectivity index (χ0) is 16.6. The van der Waals surface area contributed by atoms with E-state index in [0.29, 0.717) is 0 Å². The van der Waals surface area contributed by atoms with Crippen LogP contribution in [0.3, 0.4) is 0 Å². The van der Waals surface area contributed by atoms with Crippen LogP contribution in [0.25, 0.3) is 0 Å². The van der Waals surface area contributed by atoms with Crippen LogP contribution in [0.1, 0.15) is 97.3 Å². The first-order chi connectivity index (χ1) is 11.7. The zero-order valence-corrected chi connectivity index (χ0v) is 16.3. The molecule has 0 aliphatic heterocycles. The van der Waals surface area contributed by atoms with Crippen molar-refractivity contribution in [1.82, 2.24) is 0 Å². The fourth-order valence-electron chi connectivity index (χ4n) is 8.09. The molecule has 7 atom stereocenters. The number of allylic oxidation sites excluding steroid dienone is 2. The van der Waals surface area contributed by atoms with E-state index >= 15 is 0 Å². The number of fused-ring (bicyclic) bond motifs is 5. The summed E-state index contributed by atoms with van der Waals surface area (Å²) in [6.45, 7) is 4.88. The van der Waals surface area contributed by atoms with E-state index in [9.17, 15) is 0 Å². The lowest BCUT2D eigenvalue weighted by Gasteiger charge is -2.58. The minimum absolute atomic E-state index is 0.732. The number of unbranched alkanes of at least 4 members (excludes halogenated alkanes) is 1. The van der Waals surface area contributed by atoms with Gasteiger partial charge in [-0.2, -0.15) is 0 Å². The monoisotopic (exact) mass is 328 g/mol. The summed E-state index contributed by atoms with van der Waals surface area (Å²) >= 11 is 0. The normalized spacial score (nSPS) is 48.1. The highest BCUT2D eigenvalue weighted by atomic mass is 14.6. The minimum atomic E-state index is 0.732. The summed E-state index contributed by atoms with van der Waals surface area (Å²) in [5, 5.41) is 0. The first-order valence-corrected chi connectivity index (χ1v) is 11.3. The van der Waals surface area contributed by atoms with Crippen LogP contribution in [0.2, 0.25) is 0 Å². The highest BCUT2D eigenvalue weighted by molar-refractivity contribution is 5.04. The van der Waals surface area contributed by atoms with Crippen LogP contribution >= 0.6 is 0 Å². The van der Waals surface area contributed by atoms with Crippen LogP contribution in [-0.4, -0.2) is 0 Å². The van der Waals surface area contributed by atoms with Crippen molar-refractivity contribution in [3.63, 3.8) is 0 Å². The van der Waals surface area contributed by atoms with Crippen molar-refractivity contribution in [1.29, 1.82) is 0 Å². The van der Waals surface area contributed by atoms with Crippen molar-refractivity contribution in [3.8, 4) is 0 Å². The van der Waals surface area contributed by atoms with E-state index in [-0.39, 0.29) is 0 Å². The summed E-state index contributed by atoms with van der Waals surface area (Å²) in [6.07, 6.45) is 24.5. The predicted octanol–water partition coefficient (Wildman–Crippen LogP) is 7.39. The first kappa shape index (κ1) is 17.2. The summed E-state index contributed by atoms with van der Waals surface area (Å²) in [5.74, 6) is 6.61. The first-order valence-electron chi connectivity index (χ1n) is 11.3. The SMILES string of the molecule is C/C=C/CCCC1CCC2C1CCC1C2CCC2CCCC[C@]21C. The topological polar surface area (TPSA) is 0 Å². The predicted molar refractivity (Wildman–Crippen MR) is 104 cm³/mol. The van der Waals surface area contributed by atoms with Gasteiger partial charge in [0, 0.05) is 0 Å². The van der Waals surface area contributed by atoms with E-state index < -0.39 is 0 Å². The maximum atomic E-state index is 2.72. The van der Waals surface area contributed by atoms with Gasteiger partial charge in [-0.1, -0.05) is 31.9 Å². The molecule has 0 aromatic carbocycles. The molecular weight excluding hydrogens is 288 g/mol. The molecule has 0 aromatic rings. The van der Waals surface area contributed by atoms with Gasteiger partial charge in [0.25, 0.3) is 0 Å². The molecule has 0 N–H and O–H groups in total. The van der Waals surface area contributed by atoms with Crippen molar-refractivity contribution in [2.75, 3.05) is 0 Å². The molecule has 4 aliphatic rings. The smallest absolute Gasteiger partial charge is 0.0266 e. The maximum absolute atomic E-state index is 2.72. The van der Waals surface area contributed by atoms with Gasteiger partial charge in [0.15, 0.2) is 0 Å². The molecule has 6 unspecified atom stereocenters. The third-order valence-electron chi connectivity index (χ3n) is 9.23. The highest BCUT2D eigenvalue weighted by Gasteiger charge is 2.55. The lowest BCUT2D eigenvalue weighted by atomic mass is 9.47. The van der Waals surface area contributed by atoms with Crippen LogP contribution in [0.15, 0.2) is 12.2 Å². The van der Waals surface area contributed by atoms with E-state index in [0.717, 1.165) is 40.9 Å². The third kappa shape index (κ3) is 2.90. The van der Waals surface area contributed by atoms with Gasteiger partial charge in [-0.3, -0.25) is 0 Å². The molecule has 136 valence electrons. The Balaban J connectivity index is 1.42. The molecule has 0 heteroatoms. The van der Waals surface area contributed by atoms with Gasteiger partial charge in [0.2, 0.25) is 0 Å². The summed E-state index contributed by atoms with van der Waals surface area (Å²) in [7, 11) is 0. The fourth-order valence-corrected chi connectivity index (χ4v) is 8.09. The van der Waals surface area contributed by atoms with Crippen LogP contribution in [0.5, 0.6) is 0 Å². The van der Waals surface area contributed by atoms with Crippen LogP contribution in [0.4, 0.5) is 0 Å². The van der Waals surface area contributed by atoms with Gasteiger partial charge in [0.1, 0.15) is 0 Å². The number of rotatable bonds is 4. The lowest BCUT2D eigenvalue weighted by molar-refractivity contribution is -0.0871. The summed E-state index contributed by atoms with van der Waals surface area (Å²) in [5.41, 5.74) is 0.732. The van der Waals surface area contributed by atoms with Gasteiger partial charge < -0.3 is 0 Å². The molecule has 0 aromatic heterocycles. The van der Waals surface area contributed by atoms with E-state index in [2.05, 4.69) is 26.0 Å². The van der Waals surface area contributed by atoms with Crippen molar-refractivity contribution in [3.05, 3.63) is 12.2 Å². The summed E-state index contributed by atoms with van der Waals surface area (Å²) < 4.78 is 0. The van der Waals surface area contributed by atoms with Crippen molar-refractivity contribution >= 4 is 0 Å². The Labute approximate surface area is 150 Å². The molecule has 0 saturated heterocycles. The molecule has 4 rings (SSSR count). The summed E-state index contributed by atoms with van der Waals surface area (Å²) in [4.78, 5) is 0. The van der Waals surface area contributed by atoms with Gasteiger partial charge in [0.05, 0.1) is 0 Å². The highest BCUT2D eigenvalue weighted by Crippen LogP contribution is 2.64. The fraction of sp³-hybridized carbons (Fsp3) is 0.917. The van der Waals surface area contributed by atoms with E-state index in [1.807, 2.05) is 0 Å². The van der Waals surface area contributed by atoms with Gasteiger partial charge in [-0.05, 0) is 118 Å². The second kappa shape index (κ2) is 7.16. The largest absolute Gasteiger partial charge is 0.0917 e. The Morgan fingerprint density at radius 1 is 0.875 bits per heavy atom. The number of hydrogen-bond donors (Lipinski definition) is 0. The average molecular weight is 329 g/mol. The third-order valence-corrected chi connectivity index (χ3v) is 9.23. The Morgan fingerprint density at radius 2 is 1.71 bits per heavy atom.